The molecule has 0 aliphatic rings. The zero-order valence-corrected chi connectivity index (χ0v) is 48.9. The maximum Gasteiger partial charge on any atom is 0.306 e. The first-order valence-electron chi connectivity index (χ1n) is 27.6. The molecule has 6 aromatic carbocycles. The van der Waals surface area contributed by atoms with E-state index in [1.54, 1.807) is 25.1 Å². The van der Waals surface area contributed by atoms with Crippen molar-refractivity contribution in [3.63, 3.8) is 0 Å². The number of rotatable bonds is 17. The van der Waals surface area contributed by atoms with Crippen LogP contribution >= 0.6 is 0 Å². The topological polar surface area (TPSA) is 272 Å². The minimum atomic E-state index is -0.433. The summed E-state index contributed by atoms with van der Waals surface area (Å²) in [6.07, 6.45) is 1.55. The molecule has 0 spiro atoms. The molecule has 438 valence electrons. The van der Waals surface area contributed by atoms with Crippen molar-refractivity contribution in [1.82, 2.24) is 45.0 Å². The zero-order valence-electron chi connectivity index (χ0n) is 48.9. The number of aliphatic hydroxyl groups excluding tert-OH is 2. The summed E-state index contributed by atoms with van der Waals surface area (Å²) < 4.78 is 15.7. The van der Waals surface area contributed by atoms with Crippen LogP contribution < -0.4 is 0 Å². The third kappa shape index (κ3) is 16.0. The highest BCUT2D eigenvalue weighted by atomic mass is 16.6. The first-order valence-corrected chi connectivity index (χ1v) is 27.6. The van der Waals surface area contributed by atoms with Crippen molar-refractivity contribution < 1.29 is 54.1 Å². The number of aromatic hydroxyl groups is 3. The molecule has 0 atom stereocenters. The third-order valence-electron chi connectivity index (χ3n) is 13.2. The van der Waals surface area contributed by atoms with Gasteiger partial charge in [0.15, 0.2) is 0 Å². The van der Waals surface area contributed by atoms with E-state index in [0.29, 0.717) is 69.5 Å². The van der Waals surface area contributed by atoms with E-state index < -0.39 is 11.9 Å². The van der Waals surface area contributed by atoms with Crippen molar-refractivity contribution in [3.8, 4) is 34.3 Å². The number of benzene rings is 6. The number of aryl methyl sites for hydroxylation is 3. The van der Waals surface area contributed by atoms with Crippen LogP contribution in [0.25, 0.3) is 50.2 Å². The van der Waals surface area contributed by atoms with Gasteiger partial charge in [0.2, 0.25) is 0 Å². The number of fused-ring (bicyclic) bond motifs is 3. The van der Waals surface area contributed by atoms with Gasteiger partial charge < -0.3 is 39.7 Å². The van der Waals surface area contributed by atoms with Gasteiger partial charge in [0, 0.05) is 42.6 Å². The minimum absolute atomic E-state index is 0.00328. The highest BCUT2D eigenvalue weighted by Crippen LogP contribution is 2.39. The molecule has 0 aliphatic carbocycles. The van der Waals surface area contributed by atoms with Gasteiger partial charge in [0.05, 0.1) is 6.61 Å². The van der Waals surface area contributed by atoms with Gasteiger partial charge in [-0.1, -0.05) is 117 Å². The van der Waals surface area contributed by atoms with E-state index in [1.807, 2.05) is 153 Å². The Balaban J connectivity index is 0.000000268. The number of esters is 3. The molecule has 0 fully saturated rings. The minimum Gasteiger partial charge on any atom is -0.505 e. The predicted molar refractivity (Wildman–Crippen MR) is 315 cm³/mol. The smallest absolute Gasteiger partial charge is 0.306 e. The Morgan fingerprint density at radius 2 is 0.639 bits per heavy atom. The summed E-state index contributed by atoms with van der Waals surface area (Å²) in [6, 6.07) is 33.5. The van der Waals surface area contributed by atoms with Gasteiger partial charge in [0.25, 0.3) is 0 Å². The van der Waals surface area contributed by atoms with E-state index in [9.17, 15) is 29.7 Å². The Morgan fingerprint density at radius 3 is 0.855 bits per heavy atom. The van der Waals surface area contributed by atoms with Gasteiger partial charge in [-0.25, -0.2) is 0 Å². The Bertz CT molecular complexity index is 3450. The number of aromatic nitrogens is 9. The number of hydrogen-bond acceptors (Lipinski definition) is 17. The second-order valence-corrected chi connectivity index (χ2v) is 22.9. The van der Waals surface area contributed by atoms with Crippen LogP contribution in [0.1, 0.15) is 122 Å². The molecule has 83 heavy (non-hydrogen) atoms. The summed E-state index contributed by atoms with van der Waals surface area (Å²) in [5.41, 5.74) is 9.27. The Morgan fingerprint density at radius 1 is 0.410 bits per heavy atom. The second-order valence-electron chi connectivity index (χ2n) is 22.9. The van der Waals surface area contributed by atoms with Crippen molar-refractivity contribution in [2.45, 2.75) is 124 Å². The molecule has 0 saturated carbocycles. The summed E-state index contributed by atoms with van der Waals surface area (Å²) in [4.78, 5) is 41.4. The van der Waals surface area contributed by atoms with Gasteiger partial charge in [0.1, 0.15) is 87.2 Å². The van der Waals surface area contributed by atoms with Crippen LogP contribution in [0.15, 0.2) is 109 Å². The normalized spacial score (nSPS) is 11.7. The van der Waals surface area contributed by atoms with Gasteiger partial charge in [-0.15, -0.1) is 45.0 Å². The number of phenolic OH excluding ortho intramolecular Hbond substituents is 3. The molecule has 0 aliphatic heterocycles. The SMILES string of the molecule is CC(C)(C)c1cc(CCC(=O)OCCO)cc(-n2nc3ccccc3n2)c1O.CC(C)(C)c1cc(CCC(=O)OCCOC(=O)CCc2cc(-n3nc4ccccc4n3)c(O)c(C(C)(C)C)c2)cc(-n2nc3ccccc3n2)c1O.CCO. The first kappa shape index (κ1) is 61.9. The van der Waals surface area contributed by atoms with Crippen molar-refractivity contribution in [2.75, 3.05) is 33.0 Å². The Labute approximate surface area is 482 Å². The van der Waals surface area contributed by atoms with Gasteiger partial charge >= 0.3 is 17.9 Å². The first-order chi connectivity index (χ1) is 39.4. The van der Waals surface area contributed by atoms with E-state index in [-0.39, 0.29) is 91.8 Å². The van der Waals surface area contributed by atoms with E-state index in [1.165, 1.54) is 14.4 Å². The predicted octanol–water partition coefficient (Wildman–Crippen LogP) is 9.70. The monoisotopic (exact) mass is 1130 g/mol. The van der Waals surface area contributed by atoms with Crippen LogP contribution in [0, 0.1) is 0 Å². The molecule has 0 unspecified atom stereocenters. The van der Waals surface area contributed by atoms with E-state index in [4.69, 9.17) is 24.4 Å². The van der Waals surface area contributed by atoms with Gasteiger partial charge in [-0.05, 0) is 114 Å². The average Bonchev–Trinajstić information content (AvgIpc) is 4.44. The molecule has 9 rings (SSSR count). The lowest BCUT2D eigenvalue weighted by Gasteiger charge is -2.23. The summed E-state index contributed by atoms with van der Waals surface area (Å²) in [5.74, 6) is -0.937. The highest BCUT2D eigenvalue weighted by molar-refractivity contribution is 5.76. The molecule has 20 heteroatoms. The molecular formula is C63H75N9O11. The highest BCUT2D eigenvalue weighted by Gasteiger charge is 2.27. The largest absolute Gasteiger partial charge is 0.505 e. The van der Waals surface area contributed by atoms with Crippen molar-refractivity contribution in [2.24, 2.45) is 0 Å². The van der Waals surface area contributed by atoms with Crippen LogP contribution in [0.4, 0.5) is 0 Å². The number of nitrogens with zero attached hydrogens (tertiary/aromatic N) is 9. The molecule has 9 aromatic rings. The molecule has 0 radical (unpaired) electrons. The van der Waals surface area contributed by atoms with E-state index in [0.717, 1.165) is 33.3 Å². The number of hydrogen-bond donors (Lipinski definition) is 5. The van der Waals surface area contributed by atoms with Crippen molar-refractivity contribution in [3.05, 3.63) is 143 Å². The van der Waals surface area contributed by atoms with E-state index in [2.05, 4.69) is 30.6 Å². The lowest BCUT2D eigenvalue weighted by atomic mass is 9.84. The number of carbonyl (C=O) groups excluding carboxylic acids is 3. The Hall–Kier alpha value is -8.75. The fourth-order valence-electron chi connectivity index (χ4n) is 8.97. The van der Waals surface area contributed by atoms with Crippen LogP contribution in [0.5, 0.6) is 17.2 Å². The van der Waals surface area contributed by atoms with Crippen LogP contribution in [-0.2, 0) is 64.1 Å². The number of ether oxygens (including phenoxy) is 3. The summed E-state index contributed by atoms with van der Waals surface area (Å²) in [7, 11) is 0. The van der Waals surface area contributed by atoms with E-state index >= 15 is 0 Å². The van der Waals surface area contributed by atoms with Gasteiger partial charge in [-0.2, -0.15) is 0 Å². The van der Waals surface area contributed by atoms with Crippen molar-refractivity contribution in [1.29, 1.82) is 0 Å². The van der Waals surface area contributed by atoms with Crippen LogP contribution in [0.2, 0.25) is 0 Å². The number of phenols is 3. The maximum atomic E-state index is 12.7. The number of carbonyl (C=O) groups is 3. The quantitative estimate of drug-likeness (QED) is 0.0322. The second kappa shape index (κ2) is 26.9. The molecule has 0 bridgehead atoms. The van der Waals surface area contributed by atoms with Gasteiger partial charge in [-0.3, -0.25) is 14.4 Å². The van der Waals surface area contributed by atoms with Crippen molar-refractivity contribution >= 4 is 51.0 Å². The molecule has 5 N–H and O–H groups in total. The van der Waals surface area contributed by atoms with Crippen LogP contribution in [0.3, 0.4) is 0 Å². The summed E-state index contributed by atoms with van der Waals surface area (Å²) in [6.45, 7) is 19.6. The lowest BCUT2D eigenvalue weighted by molar-refractivity contribution is -0.152. The Kier molecular flexibility index (Phi) is 20.0. The third-order valence-corrected chi connectivity index (χ3v) is 13.2. The fourth-order valence-corrected chi connectivity index (χ4v) is 8.97. The average molecular weight is 1130 g/mol. The standard InChI is InChI=1S/C40H44N6O6.C21H25N3O4.C2H6O/c1-39(2,3)27-21-25(23-33(37(27)49)45-41-29-11-7-8-12-30(29)42-45)15-17-35(47)51-19-20-52-36(48)18-16-26-22-28(40(4,5)6)38(50)34(24-26)46-43-31-13-9-10-14-32(31)44-46;1-21(2,3)15-12-14(8-9-19(26)28-11-10-25)13-18(20(15)27)24-22-16-6-4-5-7-17(16)23-24;1-2-3/h7-14,21-24,49-50H,15-20H2,1-6H3;4-7,12-13,25,27H,8-11H2,1-3H3;3H,2H2,1H3. The molecular weight excluding hydrogens is 1060 g/mol. The molecule has 0 amide bonds. The molecule has 0 saturated heterocycles. The lowest BCUT2D eigenvalue weighted by Crippen LogP contribution is -2.16. The summed E-state index contributed by atoms with van der Waals surface area (Å²) in [5, 5.41) is 76.7. The number of aliphatic hydroxyl groups is 2. The zero-order chi connectivity index (χ0) is 60.2. The summed E-state index contributed by atoms with van der Waals surface area (Å²) >= 11 is 0. The molecule has 20 nitrogen and oxygen atoms in total. The molecule has 3 aromatic heterocycles. The maximum absolute atomic E-state index is 12.7. The fraction of sp³-hybridized carbons (Fsp3) is 0.381. The molecule has 3 heterocycles. The van der Waals surface area contributed by atoms with Crippen LogP contribution in [-0.4, -0.2) is 121 Å².